The van der Waals surface area contributed by atoms with Gasteiger partial charge >= 0.3 is 0 Å². The van der Waals surface area contributed by atoms with E-state index in [9.17, 15) is 13.5 Å². The number of rotatable bonds is 7. The zero-order valence-corrected chi connectivity index (χ0v) is 19.8. The molecule has 1 aliphatic carbocycles. The number of aliphatic hydroxyl groups excluding tert-OH is 1. The van der Waals surface area contributed by atoms with Crippen LogP contribution in [0.3, 0.4) is 0 Å². The molecule has 0 unspecified atom stereocenters. The van der Waals surface area contributed by atoms with Gasteiger partial charge in [-0.1, -0.05) is 19.1 Å². The molecule has 2 heterocycles. The Morgan fingerprint density at radius 2 is 2.03 bits per heavy atom. The third-order valence-electron chi connectivity index (χ3n) is 6.42. The number of benzene rings is 1. The molecule has 3 atom stereocenters. The summed E-state index contributed by atoms with van der Waals surface area (Å²) in [5.41, 5.74) is 1.75. The van der Waals surface area contributed by atoms with Gasteiger partial charge in [0, 0.05) is 49.6 Å². The molecular weight excluding hydrogens is 426 g/mol. The molecule has 0 radical (unpaired) electrons. The summed E-state index contributed by atoms with van der Waals surface area (Å²) in [5, 5.41) is 9.77. The number of aromatic nitrogens is 1. The van der Waals surface area contributed by atoms with Gasteiger partial charge in [-0.3, -0.25) is 4.98 Å². The molecule has 1 aromatic carbocycles. The van der Waals surface area contributed by atoms with E-state index in [-0.39, 0.29) is 23.5 Å². The van der Waals surface area contributed by atoms with Gasteiger partial charge in [0.05, 0.1) is 6.61 Å². The summed E-state index contributed by atoms with van der Waals surface area (Å²) in [5.74, 6) is 1.08. The minimum atomic E-state index is -3.83. The van der Waals surface area contributed by atoms with Crippen LogP contribution in [0.2, 0.25) is 0 Å². The number of aliphatic hydroxyl groups is 1. The smallest absolute Gasteiger partial charge is 0.247 e. The van der Waals surface area contributed by atoms with Crippen LogP contribution in [0.1, 0.15) is 26.7 Å². The Bertz CT molecular complexity index is 1030. The van der Waals surface area contributed by atoms with E-state index in [1.54, 1.807) is 37.5 Å². The van der Waals surface area contributed by atoms with E-state index in [1.165, 1.54) is 17.1 Å². The average Bonchev–Trinajstić information content (AvgIpc) is 3.59. The first-order valence-corrected chi connectivity index (χ1v) is 12.8. The molecule has 1 N–H and O–H groups in total. The molecule has 0 saturated heterocycles. The molecule has 2 aromatic rings. The van der Waals surface area contributed by atoms with Crippen molar-refractivity contribution in [1.29, 1.82) is 0 Å². The van der Waals surface area contributed by atoms with Gasteiger partial charge in [0.1, 0.15) is 16.7 Å². The second kappa shape index (κ2) is 9.47. The standard InChI is InChI=1S/C24H33N3O4S/c1-17-13-27(18(2)16-28)32(29,30)24-9-8-20(21-5-4-10-25-12-21)11-22(24)31-23(17)15-26(3)14-19-6-7-19/h4-5,8-12,17-19,23,28H,6-7,13-16H2,1-3H3/t17-,18-,23-/m1/s1. The minimum Gasteiger partial charge on any atom is -0.487 e. The predicted octanol–water partition coefficient (Wildman–Crippen LogP) is 2.86. The van der Waals surface area contributed by atoms with Crippen molar-refractivity contribution in [2.75, 3.05) is 33.3 Å². The number of pyridine rings is 1. The Morgan fingerprint density at radius 1 is 1.25 bits per heavy atom. The van der Waals surface area contributed by atoms with E-state index < -0.39 is 16.1 Å². The first-order valence-electron chi connectivity index (χ1n) is 11.3. The molecule has 4 rings (SSSR count). The average molecular weight is 460 g/mol. The van der Waals surface area contributed by atoms with E-state index in [1.807, 2.05) is 19.1 Å². The Balaban J connectivity index is 1.74. The number of likely N-dealkylation sites (N-methyl/N-ethyl adjacent to an activating group) is 1. The lowest BCUT2D eigenvalue weighted by Gasteiger charge is -2.37. The van der Waals surface area contributed by atoms with Gasteiger partial charge in [-0.15, -0.1) is 0 Å². The van der Waals surface area contributed by atoms with Crippen molar-refractivity contribution >= 4 is 10.0 Å². The van der Waals surface area contributed by atoms with E-state index >= 15 is 0 Å². The SMILES string of the molecule is C[C@@H]1CN([C@H](C)CO)S(=O)(=O)c2ccc(-c3cccnc3)cc2O[C@@H]1CN(C)CC1CC1. The van der Waals surface area contributed by atoms with Crippen LogP contribution in [0.4, 0.5) is 0 Å². The fourth-order valence-electron chi connectivity index (χ4n) is 4.28. The highest BCUT2D eigenvalue weighted by atomic mass is 32.2. The normalized spacial score (nSPS) is 24.3. The topological polar surface area (TPSA) is 83.0 Å². The molecular formula is C24H33N3O4S. The highest BCUT2D eigenvalue weighted by molar-refractivity contribution is 7.89. The summed E-state index contributed by atoms with van der Waals surface area (Å²) in [4.78, 5) is 6.62. The molecule has 174 valence electrons. The maximum atomic E-state index is 13.6. The molecule has 0 bridgehead atoms. The fourth-order valence-corrected chi connectivity index (χ4v) is 6.11. The summed E-state index contributed by atoms with van der Waals surface area (Å²) in [6.45, 7) is 5.58. The number of sulfonamides is 1. The summed E-state index contributed by atoms with van der Waals surface area (Å²) in [6, 6.07) is 8.48. The van der Waals surface area contributed by atoms with E-state index in [0.29, 0.717) is 12.3 Å². The van der Waals surface area contributed by atoms with Crippen LogP contribution < -0.4 is 4.74 Å². The largest absolute Gasteiger partial charge is 0.487 e. The zero-order valence-electron chi connectivity index (χ0n) is 19.0. The fraction of sp³-hybridized carbons (Fsp3) is 0.542. The lowest BCUT2D eigenvalue weighted by Crippen LogP contribution is -2.49. The van der Waals surface area contributed by atoms with Gasteiger partial charge in [-0.05, 0) is 56.5 Å². The van der Waals surface area contributed by atoms with Crippen LogP contribution in [0.15, 0.2) is 47.6 Å². The van der Waals surface area contributed by atoms with Crippen molar-refractivity contribution in [2.45, 2.75) is 43.7 Å². The summed E-state index contributed by atoms with van der Waals surface area (Å²) < 4.78 is 35.0. The lowest BCUT2D eigenvalue weighted by molar-refractivity contribution is 0.0741. The van der Waals surface area contributed by atoms with Crippen molar-refractivity contribution in [3.05, 3.63) is 42.7 Å². The second-order valence-electron chi connectivity index (χ2n) is 9.31. The monoisotopic (exact) mass is 459 g/mol. The van der Waals surface area contributed by atoms with E-state index in [0.717, 1.165) is 30.1 Å². The Hall–Kier alpha value is -2.00. The maximum absolute atomic E-state index is 13.6. The van der Waals surface area contributed by atoms with Crippen molar-refractivity contribution in [2.24, 2.45) is 11.8 Å². The number of ether oxygens (including phenoxy) is 1. The summed E-state index contributed by atoms with van der Waals surface area (Å²) in [6.07, 6.45) is 5.85. The molecule has 0 spiro atoms. The first kappa shape index (κ1) is 23.2. The maximum Gasteiger partial charge on any atom is 0.247 e. The van der Waals surface area contributed by atoms with Crippen molar-refractivity contribution in [3.8, 4) is 16.9 Å². The van der Waals surface area contributed by atoms with Crippen LogP contribution in [0.5, 0.6) is 5.75 Å². The van der Waals surface area contributed by atoms with Crippen molar-refractivity contribution in [3.63, 3.8) is 0 Å². The van der Waals surface area contributed by atoms with Gasteiger partial charge in [0.25, 0.3) is 0 Å². The zero-order chi connectivity index (χ0) is 22.9. The van der Waals surface area contributed by atoms with Gasteiger partial charge in [0.15, 0.2) is 0 Å². The number of hydrogen-bond donors (Lipinski definition) is 1. The first-order chi connectivity index (χ1) is 15.3. The molecule has 1 aliphatic heterocycles. The number of hydrogen-bond acceptors (Lipinski definition) is 6. The Kier molecular flexibility index (Phi) is 6.86. The molecule has 32 heavy (non-hydrogen) atoms. The third kappa shape index (κ3) is 4.98. The Morgan fingerprint density at radius 3 is 2.69 bits per heavy atom. The van der Waals surface area contributed by atoms with Crippen LogP contribution >= 0.6 is 0 Å². The van der Waals surface area contributed by atoms with E-state index in [2.05, 4.69) is 16.9 Å². The third-order valence-corrected chi connectivity index (χ3v) is 8.44. The summed E-state index contributed by atoms with van der Waals surface area (Å²) in [7, 11) is -1.73. The molecule has 7 nitrogen and oxygen atoms in total. The summed E-state index contributed by atoms with van der Waals surface area (Å²) >= 11 is 0. The van der Waals surface area contributed by atoms with Crippen LogP contribution in [-0.2, 0) is 10.0 Å². The lowest BCUT2D eigenvalue weighted by atomic mass is 10.0. The van der Waals surface area contributed by atoms with Gasteiger partial charge < -0.3 is 14.7 Å². The highest BCUT2D eigenvalue weighted by Gasteiger charge is 2.38. The van der Waals surface area contributed by atoms with Crippen LogP contribution in [0, 0.1) is 11.8 Å². The molecule has 8 heteroatoms. The highest BCUT2D eigenvalue weighted by Crippen LogP contribution is 2.37. The van der Waals surface area contributed by atoms with E-state index in [4.69, 9.17) is 4.74 Å². The minimum absolute atomic E-state index is 0.0457. The Labute approximate surface area is 191 Å². The number of fused-ring (bicyclic) bond motifs is 1. The van der Waals surface area contributed by atoms with Crippen LogP contribution in [-0.4, -0.2) is 73.1 Å². The molecule has 1 fully saturated rings. The van der Waals surface area contributed by atoms with Crippen molar-refractivity contribution < 1.29 is 18.3 Å². The second-order valence-corrected chi connectivity index (χ2v) is 11.2. The quantitative estimate of drug-likeness (QED) is 0.686. The van der Waals surface area contributed by atoms with Gasteiger partial charge in [-0.25, -0.2) is 8.42 Å². The van der Waals surface area contributed by atoms with Gasteiger partial charge in [-0.2, -0.15) is 4.31 Å². The molecule has 0 amide bonds. The van der Waals surface area contributed by atoms with Crippen molar-refractivity contribution in [1.82, 2.24) is 14.2 Å². The molecule has 2 aliphatic rings. The molecule has 1 saturated carbocycles. The van der Waals surface area contributed by atoms with Gasteiger partial charge in [0.2, 0.25) is 10.0 Å². The van der Waals surface area contributed by atoms with Crippen LogP contribution in [0.25, 0.3) is 11.1 Å². The molecule has 1 aromatic heterocycles. The number of nitrogens with zero attached hydrogens (tertiary/aromatic N) is 3. The predicted molar refractivity (Wildman–Crippen MR) is 124 cm³/mol.